The summed E-state index contributed by atoms with van der Waals surface area (Å²) in [6.07, 6.45) is 1.96. The molecule has 21 heavy (non-hydrogen) atoms. The van der Waals surface area contributed by atoms with Crippen molar-refractivity contribution in [2.24, 2.45) is 0 Å². The second-order valence-corrected chi connectivity index (χ2v) is 6.82. The fraction of sp³-hybridized carbons (Fsp3) is 0.167. The molecule has 2 aromatic heterocycles. The van der Waals surface area contributed by atoms with Crippen LogP contribution < -0.4 is 5.32 Å². The van der Waals surface area contributed by atoms with Gasteiger partial charge in [0.05, 0.1) is 0 Å². The van der Waals surface area contributed by atoms with Crippen LogP contribution in [0.2, 0.25) is 5.02 Å². The molecule has 9 heteroatoms. The van der Waals surface area contributed by atoms with E-state index < -0.39 is 0 Å². The van der Waals surface area contributed by atoms with E-state index in [1.807, 2.05) is 0 Å². The maximum absolute atomic E-state index is 11.8. The number of nitrogens with one attached hydrogen (secondary N) is 1. The number of carbonyl (C=O) groups is 1. The van der Waals surface area contributed by atoms with Crippen molar-refractivity contribution in [2.75, 3.05) is 11.1 Å². The van der Waals surface area contributed by atoms with Crippen molar-refractivity contribution in [2.45, 2.75) is 10.8 Å². The third kappa shape index (κ3) is 3.72. The van der Waals surface area contributed by atoms with Gasteiger partial charge in [0.25, 0.3) is 0 Å². The smallest absolute Gasteiger partial charge is 0.235 e. The van der Waals surface area contributed by atoms with Crippen LogP contribution in [0.3, 0.4) is 0 Å². The van der Waals surface area contributed by atoms with Crippen LogP contribution in [-0.4, -0.2) is 31.5 Å². The quantitative estimate of drug-likeness (QED) is 0.723. The Labute approximate surface area is 133 Å². The molecule has 2 heterocycles. The number of anilines is 1. The highest BCUT2D eigenvalue weighted by Gasteiger charge is 2.08. The Kier molecular flexibility index (Phi) is 4.37. The number of halogens is 1. The lowest BCUT2D eigenvalue weighted by atomic mass is 10.3. The molecule has 0 aliphatic heterocycles. The van der Waals surface area contributed by atoms with Gasteiger partial charge in [0, 0.05) is 22.9 Å². The molecule has 3 rings (SSSR count). The molecule has 3 aromatic rings. The van der Waals surface area contributed by atoms with E-state index in [1.54, 1.807) is 35.1 Å². The first-order valence-electron chi connectivity index (χ1n) is 6.06. The Morgan fingerprint density at radius 2 is 2.38 bits per heavy atom. The minimum absolute atomic E-state index is 0.0484. The highest BCUT2D eigenvalue weighted by Crippen LogP contribution is 2.24. The third-order valence-electron chi connectivity index (χ3n) is 2.53. The molecule has 1 aromatic carbocycles. The first kappa shape index (κ1) is 14.3. The van der Waals surface area contributed by atoms with E-state index in [9.17, 15) is 4.79 Å². The number of hydrogen-bond donors (Lipinski definition) is 1. The zero-order valence-electron chi connectivity index (χ0n) is 10.7. The number of benzene rings is 1. The van der Waals surface area contributed by atoms with Gasteiger partial charge >= 0.3 is 0 Å². The van der Waals surface area contributed by atoms with Gasteiger partial charge in [0.1, 0.15) is 6.33 Å². The van der Waals surface area contributed by atoms with Crippen molar-refractivity contribution in [3.8, 4) is 0 Å². The summed E-state index contributed by atoms with van der Waals surface area (Å²) >= 11 is 8.84. The van der Waals surface area contributed by atoms with E-state index in [0.29, 0.717) is 22.9 Å². The normalized spacial score (nSPS) is 10.9. The van der Waals surface area contributed by atoms with Crippen LogP contribution >= 0.6 is 34.7 Å². The van der Waals surface area contributed by atoms with E-state index in [1.165, 1.54) is 23.1 Å². The van der Waals surface area contributed by atoms with Crippen molar-refractivity contribution >= 4 is 51.3 Å². The highest BCUT2D eigenvalue weighted by molar-refractivity contribution is 8.01. The van der Waals surface area contributed by atoms with Crippen molar-refractivity contribution in [1.82, 2.24) is 19.8 Å². The molecule has 6 nitrogen and oxygen atoms in total. The second kappa shape index (κ2) is 6.42. The number of aromatic nitrogens is 4. The van der Waals surface area contributed by atoms with Gasteiger partial charge in [-0.3, -0.25) is 4.79 Å². The lowest BCUT2D eigenvalue weighted by molar-refractivity contribution is -0.115. The Morgan fingerprint density at radius 1 is 1.48 bits per heavy atom. The minimum atomic E-state index is -0.0484. The van der Waals surface area contributed by atoms with Crippen LogP contribution in [0.15, 0.2) is 34.9 Å². The van der Waals surface area contributed by atoms with Crippen LogP contribution in [0, 0.1) is 0 Å². The van der Waals surface area contributed by atoms with Crippen molar-refractivity contribution in [1.29, 1.82) is 0 Å². The molecule has 0 radical (unpaired) electrons. The molecule has 0 saturated carbocycles. The second-order valence-electron chi connectivity index (χ2n) is 4.08. The Morgan fingerprint density at radius 3 is 3.19 bits per heavy atom. The number of thioether (sulfide) groups is 1. The van der Waals surface area contributed by atoms with Gasteiger partial charge in [-0.05, 0) is 18.2 Å². The SMILES string of the molecule is O=C(CCSc1nn2cnnc2s1)Nc1cccc(Cl)c1. The van der Waals surface area contributed by atoms with Gasteiger partial charge in [-0.2, -0.15) is 4.52 Å². The number of nitrogens with zero attached hydrogens (tertiary/aromatic N) is 4. The molecule has 0 fully saturated rings. The van der Waals surface area contributed by atoms with Gasteiger partial charge in [0.15, 0.2) is 4.34 Å². The number of hydrogen-bond acceptors (Lipinski definition) is 6. The van der Waals surface area contributed by atoms with Crippen LogP contribution in [0.25, 0.3) is 4.96 Å². The Hall–Kier alpha value is -1.64. The molecule has 0 atom stereocenters. The van der Waals surface area contributed by atoms with E-state index in [2.05, 4.69) is 20.6 Å². The fourth-order valence-corrected chi connectivity index (χ4v) is 3.68. The first-order valence-corrected chi connectivity index (χ1v) is 8.24. The standard InChI is InChI=1S/C12H10ClN5OS2/c13-8-2-1-3-9(6-8)15-10(19)4-5-20-12-17-18-7-14-16-11(18)21-12/h1-3,6-7H,4-5H2,(H,15,19). The summed E-state index contributed by atoms with van der Waals surface area (Å²) < 4.78 is 2.49. The molecule has 0 saturated heterocycles. The zero-order chi connectivity index (χ0) is 14.7. The molecule has 0 bridgehead atoms. The van der Waals surface area contributed by atoms with Gasteiger partial charge in [-0.25, -0.2) is 0 Å². The maximum atomic E-state index is 11.8. The average molecular weight is 340 g/mol. The predicted octanol–water partition coefficient (Wildman–Crippen LogP) is 2.96. The van der Waals surface area contributed by atoms with Crippen LogP contribution in [0.4, 0.5) is 5.69 Å². The Balaban J connectivity index is 1.48. The van der Waals surface area contributed by atoms with Crippen LogP contribution in [0.1, 0.15) is 6.42 Å². The van der Waals surface area contributed by atoms with E-state index in [0.717, 1.165) is 9.30 Å². The Bertz CT molecular complexity index is 743. The first-order chi connectivity index (χ1) is 10.2. The monoisotopic (exact) mass is 339 g/mol. The molecule has 1 amide bonds. The number of amides is 1. The van der Waals surface area contributed by atoms with Gasteiger partial charge < -0.3 is 5.32 Å². The fourth-order valence-electron chi connectivity index (χ4n) is 1.62. The molecule has 0 unspecified atom stereocenters. The summed E-state index contributed by atoms with van der Waals surface area (Å²) in [5.41, 5.74) is 0.705. The van der Waals surface area contributed by atoms with Crippen molar-refractivity contribution in [3.63, 3.8) is 0 Å². The largest absolute Gasteiger partial charge is 0.326 e. The molecule has 108 valence electrons. The minimum Gasteiger partial charge on any atom is -0.326 e. The molecular formula is C12H10ClN5OS2. The van der Waals surface area contributed by atoms with Crippen molar-refractivity contribution < 1.29 is 4.79 Å². The molecular weight excluding hydrogens is 330 g/mol. The van der Waals surface area contributed by atoms with E-state index >= 15 is 0 Å². The van der Waals surface area contributed by atoms with E-state index in [-0.39, 0.29) is 5.91 Å². The summed E-state index contributed by atoms with van der Waals surface area (Å²) in [7, 11) is 0. The van der Waals surface area contributed by atoms with Crippen molar-refractivity contribution in [3.05, 3.63) is 35.6 Å². The summed E-state index contributed by atoms with van der Waals surface area (Å²) in [6.45, 7) is 0. The number of carbonyl (C=O) groups excluding carboxylic acids is 1. The summed E-state index contributed by atoms with van der Waals surface area (Å²) in [4.78, 5) is 12.6. The number of fused-ring (bicyclic) bond motifs is 1. The van der Waals surface area contributed by atoms with Gasteiger partial charge in [-0.15, -0.1) is 15.3 Å². The summed E-state index contributed by atoms with van der Waals surface area (Å²) in [5, 5.41) is 15.3. The highest BCUT2D eigenvalue weighted by atomic mass is 35.5. The van der Waals surface area contributed by atoms with E-state index in [4.69, 9.17) is 11.6 Å². The number of rotatable bonds is 5. The zero-order valence-corrected chi connectivity index (χ0v) is 13.1. The molecule has 1 N–H and O–H groups in total. The molecule has 0 spiro atoms. The van der Waals surface area contributed by atoms with Crippen LogP contribution in [-0.2, 0) is 4.79 Å². The summed E-state index contributed by atoms with van der Waals surface area (Å²) in [6, 6.07) is 7.09. The third-order valence-corrected chi connectivity index (χ3v) is 4.81. The average Bonchev–Trinajstić information content (AvgIpc) is 2.99. The summed E-state index contributed by atoms with van der Waals surface area (Å²) in [5.74, 6) is 0.601. The lowest BCUT2D eigenvalue weighted by Crippen LogP contribution is -2.12. The predicted molar refractivity (Wildman–Crippen MR) is 84.1 cm³/mol. The van der Waals surface area contributed by atoms with Gasteiger partial charge in [0.2, 0.25) is 10.9 Å². The topological polar surface area (TPSA) is 72.2 Å². The van der Waals surface area contributed by atoms with Gasteiger partial charge in [-0.1, -0.05) is 40.8 Å². The molecule has 0 aliphatic carbocycles. The van der Waals surface area contributed by atoms with Crippen LogP contribution in [0.5, 0.6) is 0 Å². The maximum Gasteiger partial charge on any atom is 0.235 e. The molecule has 0 aliphatic rings. The lowest BCUT2D eigenvalue weighted by Gasteiger charge is -2.04.